The van der Waals surface area contributed by atoms with Crippen molar-refractivity contribution in [3.05, 3.63) is 23.6 Å². The van der Waals surface area contributed by atoms with Crippen LogP contribution in [0.2, 0.25) is 0 Å². The average molecular weight is 383 g/mol. The molecule has 4 heterocycles. The maximum absolute atomic E-state index is 9.02. The first kappa shape index (κ1) is 19.2. The number of rotatable bonds is 3. The summed E-state index contributed by atoms with van der Waals surface area (Å²) in [5.74, 6) is 1.26. The molecule has 5 rings (SSSR count). The number of fused-ring (bicyclic) bond motifs is 1. The third-order valence-electron chi connectivity index (χ3n) is 6.39. The third kappa shape index (κ3) is 3.38. The molecule has 1 N–H and O–H groups in total. The van der Waals surface area contributed by atoms with Gasteiger partial charge in [0, 0.05) is 47.6 Å². The van der Waals surface area contributed by atoms with E-state index in [0.717, 1.165) is 36.0 Å². The molecule has 3 fully saturated rings. The highest BCUT2D eigenvalue weighted by molar-refractivity contribution is 5.85. The molecule has 0 atom stereocenters. The molecule has 3 aliphatic rings. The van der Waals surface area contributed by atoms with Crippen molar-refractivity contribution in [3.63, 3.8) is 0 Å². The second kappa shape index (κ2) is 7.73. The first-order chi connectivity index (χ1) is 13.7. The monoisotopic (exact) mass is 382 g/mol. The molecule has 1 saturated carbocycles. The first-order valence-electron chi connectivity index (χ1n) is 10.5. The zero-order chi connectivity index (χ0) is 19.7. The van der Waals surface area contributed by atoms with E-state index in [4.69, 9.17) is 14.4 Å². The van der Waals surface area contributed by atoms with Gasteiger partial charge in [-0.05, 0) is 32.6 Å². The number of likely N-dealkylation sites (tertiary alicyclic amines) is 1. The molecule has 2 aliphatic heterocycles. The Morgan fingerprint density at radius 1 is 1.21 bits per heavy atom. The number of hydrogen-bond donors (Lipinski definition) is 1. The molecule has 150 valence electrons. The van der Waals surface area contributed by atoms with E-state index in [0.29, 0.717) is 22.8 Å². The predicted molar refractivity (Wildman–Crippen MR) is 109 cm³/mol. The fourth-order valence-corrected chi connectivity index (χ4v) is 4.77. The molecule has 6 nitrogen and oxygen atoms in total. The van der Waals surface area contributed by atoms with Crippen molar-refractivity contribution in [1.29, 1.82) is 5.26 Å². The van der Waals surface area contributed by atoms with Crippen molar-refractivity contribution >= 4 is 16.8 Å². The van der Waals surface area contributed by atoms with E-state index < -0.39 is 0 Å². The molecule has 2 aromatic rings. The summed E-state index contributed by atoms with van der Waals surface area (Å²) in [5.41, 5.74) is 2.25. The standard InChI is InChI=1S/C20H24N4O2.C2H6/c1-13-17-6-16(7-21)26-18(17)8-22-19(13)23-14-2-4-15(5-3-14)24-9-20(10-24)11-25-12-20;1-2/h6,8,14-15H,2-5,9-12H2,1H3,(H,22,23);1-2H3. The van der Waals surface area contributed by atoms with Crippen molar-refractivity contribution < 1.29 is 9.15 Å². The van der Waals surface area contributed by atoms with Crippen molar-refractivity contribution in [3.8, 4) is 6.07 Å². The van der Waals surface area contributed by atoms with Crippen LogP contribution in [0.5, 0.6) is 0 Å². The number of nitrogens with one attached hydrogen (secondary N) is 1. The van der Waals surface area contributed by atoms with Crippen LogP contribution in [0.4, 0.5) is 5.82 Å². The van der Waals surface area contributed by atoms with Gasteiger partial charge in [-0.2, -0.15) is 5.26 Å². The molecule has 2 aromatic heterocycles. The van der Waals surface area contributed by atoms with E-state index in [-0.39, 0.29) is 0 Å². The molecule has 1 aliphatic carbocycles. The number of ether oxygens (including phenoxy) is 1. The first-order valence-corrected chi connectivity index (χ1v) is 10.5. The summed E-state index contributed by atoms with van der Waals surface area (Å²) >= 11 is 0. The summed E-state index contributed by atoms with van der Waals surface area (Å²) in [6.07, 6.45) is 6.58. The third-order valence-corrected chi connectivity index (χ3v) is 6.39. The highest BCUT2D eigenvalue weighted by atomic mass is 16.5. The minimum Gasteiger partial charge on any atom is -0.444 e. The van der Waals surface area contributed by atoms with Crippen molar-refractivity contribution in [2.24, 2.45) is 5.41 Å². The molecule has 6 heteroatoms. The van der Waals surface area contributed by atoms with Gasteiger partial charge in [-0.1, -0.05) is 13.8 Å². The number of aromatic nitrogens is 1. The molecule has 0 aromatic carbocycles. The summed E-state index contributed by atoms with van der Waals surface area (Å²) < 4.78 is 10.8. The Bertz CT molecular complexity index is 865. The molecular weight excluding hydrogens is 352 g/mol. The molecule has 28 heavy (non-hydrogen) atoms. The number of nitrogens with zero attached hydrogens (tertiary/aromatic N) is 3. The van der Waals surface area contributed by atoms with Gasteiger partial charge in [0.25, 0.3) is 0 Å². The van der Waals surface area contributed by atoms with Crippen LogP contribution in [0.3, 0.4) is 0 Å². The largest absolute Gasteiger partial charge is 0.444 e. The fourth-order valence-electron chi connectivity index (χ4n) is 4.77. The lowest BCUT2D eigenvalue weighted by Gasteiger charge is -2.58. The van der Waals surface area contributed by atoms with Crippen LogP contribution in [0.1, 0.15) is 50.9 Å². The van der Waals surface area contributed by atoms with E-state index in [1.54, 1.807) is 12.3 Å². The molecule has 0 amide bonds. The number of hydrogen-bond acceptors (Lipinski definition) is 6. The normalized spacial score (nSPS) is 25.9. The molecule has 0 radical (unpaired) electrons. The van der Waals surface area contributed by atoms with E-state index in [9.17, 15) is 0 Å². The quantitative estimate of drug-likeness (QED) is 0.862. The summed E-state index contributed by atoms with van der Waals surface area (Å²) in [7, 11) is 0. The van der Waals surface area contributed by atoms with Crippen molar-refractivity contribution in [2.75, 3.05) is 31.6 Å². The lowest BCUT2D eigenvalue weighted by molar-refractivity contribution is -0.200. The van der Waals surface area contributed by atoms with Crippen LogP contribution in [0.25, 0.3) is 11.0 Å². The Morgan fingerprint density at radius 2 is 1.93 bits per heavy atom. The molecule has 0 bridgehead atoms. The van der Waals surface area contributed by atoms with Crippen LogP contribution in [0, 0.1) is 23.7 Å². The molecule has 0 unspecified atom stereocenters. The number of anilines is 1. The van der Waals surface area contributed by atoms with E-state index in [1.165, 1.54) is 38.8 Å². The van der Waals surface area contributed by atoms with Gasteiger partial charge in [0.1, 0.15) is 11.9 Å². The minimum absolute atomic E-state index is 0.340. The van der Waals surface area contributed by atoms with Gasteiger partial charge in [0.15, 0.2) is 5.58 Å². The van der Waals surface area contributed by atoms with E-state index in [2.05, 4.69) is 21.3 Å². The Balaban J connectivity index is 0.000000932. The number of nitriles is 1. The Kier molecular flexibility index (Phi) is 5.31. The second-order valence-corrected chi connectivity index (χ2v) is 8.28. The summed E-state index contributed by atoms with van der Waals surface area (Å²) in [6.45, 7) is 10.4. The summed E-state index contributed by atoms with van der Waals surface area (Å²) in [6, 6.07) is 5.07. The van der Waals surface area contributed by atoms with E-state index in [1.807, 2.05) is 20.8 Å². The maximum atomic E-state index is 9.02. The van der Waals surface area contributed by atoms with Gasteiger partial charge in [0.2, 0.25) is 5.76 Å². The summed E-state index contributed by atoms with van der Waals surface area (Å²) in [4.78, 5) is 7.18. The number of furan rings is 1. The van der Waals surface area contributed by atoms with Crippen LogP contribution >= 0.6 is 0 Å². The SMILES string of the molecule is CC.Cc1c(NC2CCC(N3CC4(COC4)C3)CC2)ncc2oc(C#N)cc12. The van der Waals surface area contributed by atoms with Gasteiger partial charge in [-0.15, -0.1) is 0 Å². The Labute approximate surface area is 166 Å². The van der Waals surface area contributed by atoms with Gasteiger partial charge >= 0.3 is 0 Å². The minimum atomic E-state index is 0.340. The lowest BCUT2D eigenvalue weighted by atomic mass is 9.75. The second-order valence-electron chi connectivity index (χ2n) is 8.28. The van der Waals surface area contributed by atoms with Gasteiger partial charge in [-0.25, -0.2) is 4.98 Å². The van der Waals surface area contributed by atoms with Gasteiger partial charge in [-0.3, -0.25) is 4.90 Å². The average Bonchev–Trinajstić information content (AvgIpc) is 3.09. The predicted octanol–water partition coefficient (Wildman–Crippen LogP) is 4.09. The van der Waals surface area contributed by atoms with Crippen LogP contribution in [-0.4, -0.2) is 48.3 Å². The smallest absolute Gasteiger partial charge is 0.204 e. The maximum Gasteiger partial charge on any atom is 0.204 e. The zero-order valence-corrected chi connectivity index (χ0v) is 17.1. The molecule has 2 saturated heterocycles. The van der Waals surface area contributed by atoms with Crippen LogP contribution in [0.15, 0.2) is 16.7 Å². The van der Waals surface area contributed by atoms with Crippen LogP contribution < -0.4 is 5.32 Å². The van der Waals surface area contributed by atoms with Crippen LogP contribution in [-0.2, 0) is 4.74 Å². The fraction of sp³-hybridized carbons (Fsp3) is 0.636. The number of pyridine rings is 1. The zero-order valence-electron chi connectivity index (χ0n) is 17.1. The number of aryl methyl sites for hydroxylation is 1. The van der Waals surface area contributed by atoms with Crippen molar-refractivity contribution in [2.45, 2.75) is 58.5 Å². The topological polar surface area (TPSA) is 74.3 Å². The highest BCUT2D eigenvalue weighted by Crippen LogP contribution is 2.41. The lowest BCUT2D eigenvalue weighted by Crippen LogP contribution is -2.68. The molecule has 1 spiro atoms. The van der Waals surface area contributed by atoms with E-state index >= 15 is 0 Å². The van der Waals surface area contributed by atoms with Crippen molar-refractivity contribution in [1.82, 2.24) is 9.88 Å². The Hall–Kier alpha value is -2.10. The van der Waals surface area contributed by atoms with Gasteiger partial charge < -0.3 is 14.5 Å². The summed E-state index contributed by atoms with van der Waals surface area (Å²) in [5, 5.41) is 13.6. The Morgan fingerprint density at radius 3 is 2.54 bits per heavy atom. The molecular formula is C22H30N4O2. The highest BCUT2D eigenvalue weighted by Gasteiger charge is 2.50. The van der Waals surface area contributed by atoms with Gasteiger partial charge in [0.05, 0.1) is 19.4 Å².